The minimum atomic E-state index is -4.48. The molecule has 7 heteroatoms. The molecular weight excluding hydrogens is 274 g/mol. The second-order valence-corrected chi connectivity index (χ2v) is 6.39. The van der Waals surface area contributed by atoms with Gasteiger partial charge in [-0.1, -0.05) is 12.1 Å². The highest BCUT2D eigenvalue weighted by molar-refractivity contribution is 7.91. The molecule has 1 aromatic carbocycles. The van der Waals surface area contributed by atoms with Crippen molar-refractivity contribution in [2.45, 2.75) is 17.2 Å². The molecule has 2 rings (SSSR count). The van der Waals surface area contributed by atoms with Crippen LogP contribution in [-0.4, -0.2) is 45.3 Å². The molecule has 0 unspecified atom stereocenters. The molecule has 1 fully saturated rings. The van der Waals surface area contributed by atoms with E-state index in [0.29, 0.717) is 6.54 Å². The number of sulfone groups is 1. The zero-order valence-electron chi connectivity index (χ0n) is 10.4. The number of alkyl halides is 2. The first-order valence-electron chi connectivity index (χ1n) is 6.04. The highest BCUT2D eigenvalue weighted by Crippen LogP contribution is 2.19. The van der Waals surface area contributed by atoms with Gasteiger partial charge in [-0.2, -0.15) is 8.78 Å². The Morgan fingerprint density at radius 1 is 1.16 bits per heavy atom. The Morgan fingerprint density at radius 2 is 1.74 bits per heavy atom. The molecule has 0 atom stereocenters. The van der Waals surface area contributed by atoms with Crippen LogP contribution in [0.1, 0.15) is 5.56 Å². The van der Waals surface area contributed by atoms with Crippen molar-refractivity contribution in [3.05, 3.63) is 29.8 Å². The summed E-state index contributed by atoms with van der Waals surface area (Å²) < 4.78 is 47.3. The van der Waals surface area contributed by atoms with Gasteiger partial charge in [-0.05, 0) is 17.7 Å². The summed E-state index contributed by atoms with van der Waals surface area (Å²) in [6.45, 7) is 4.42. The molecule has 1 aromatic rings. The number of nitrogens with zero attached hydrogens (tertiary/aromatic N) is 1. The maximum absolute atomic E-state index is 12.4. The quantitative estimate of drug-likeness (QED) is 0.902. The predicted molar refractivity (Wildman–Crippen MR) is 67.8 cm³/mol. The van der Waals surface area contributed by atoms with Crippen molar-refractivity contribution in [3.63, 3.8) is 0 Å². The predicted octanol–water partition coefficient (Wildman–Crippen LogP) is 1.09. The largest absolute Gasteiger partial charge is 0.341 e. The van der Waals surface area contributed by atoms with Crippen LogP contribution in [0.15, 0.2) is 29.2 Å². The summed E-state index contributed by atoms with van der Waals surface area (Å²) in [7, 11) is -4.48. The van der Waals surface area contributed by atoms with Crippen LogP contribution in [0.2, 0.25) is 0 Å². The Balaban J connectivity index is 2.06. The van der Waals surface area contributed by atoms with Crippen molar-refractivity contribution in [2.24, 2.45) is 0 Å². The van der Waals surface area contributed by atoms with Gasteiger partial charge in [-0.15, -0.1) is 0 Å². The van der Waals surface area contributed by atoms with Gasteiger partial charge >= 0.3 is 5.76 Å². The molecule has 1 heterocycles. The third-order valence-corrected chi connectivity index (χ3v) is 4.50. The monoisotopic (exact) mass is 290 g/mol. The van der Waals surface area contributed by atoms with Gasteiger partial charge in [-0.3, -0.25) is 4.90 Å². The zero-order chi connectivity index (χ0) is 13.9. The lowest BCUT2D eigenvalue weighted by atomic mass is 10.2. The van der Waals surface area contributed by atoms with Crippen LogP contribution >= 0.6 is 0 Å². The molecular formula is C12H16F2N2O2S. The summed E-state index contributed by atoms with van der Waals surface area (Å²) in [5.74, 6) is -3.37. The summed E-state index contributed by atoms with van der Waals surface area (Å²) >= 11 is 0. The van der Waals surface area contributed by atoms with E-state index in [4.69, 9.17) is 0 Å². The molecule has 1 aliphatic heterocycles. The average molecular weight is 290 g/mol. The maximum Gasteiger partial charge on any atom is 0.341 e. The molecule has 0 aromatic heterocycles. The average Bonchev–Trinajstić information content (AvgIpc) is 2.40. The lowest BCUT2D eigenvalue weighted by Crippen LogP contribution is -2.42. The molecule has 0 saturated carbocycles. The molecule has 0 aliphatic carbocycles. The van der Waals surface area contributed by atoms with Gasteiger partial charge in [0.2, 0.25) is 9.84 Å². The van der Waals surface area contributed by atoms with E-state index >= 15 is 0 Å². The molecule has 1 aliphatic rings. The van der Waals surface area contributed by atoms with Crippen molar-refractivity contribution < 1.29 is 17.2 Å². The first-order valence-corrected chi connectivity index (χ1v) is 7.59. The summed E-state index contributed by atoms with van der Waals surface area (Å²) in [6.07, 6.45) is 0. The normalized spacial score (nSPS) is 17.8. The topological polar surface area (TPSA) is 49.4 Å². The first-order chi connectivity index (χ1) is 9.00. The van der Waals surface area contributed by atoms with E-state index in [9.17, 15) is 17.2 Å². The molecule has 0 bridgehead atoms. The van der Waals surface area contributed by atoms with Gasteiger partial charge in [0.15, 0.2) is 0 Å². The molecule has 1 N–H and O–H groups in total. The Labute approximate surface area is 111 Å². The van der Waals surface area contributed by atoms with E-state index in [1.165, 1.54) is 12.1 Å². The number of rotatable bonds is 4. The van der Waals surface area contributed by atoms with E-state index < -0.39 is 15.6 Å². The Bertz CT molecular complexity index is 511. The van der Waals surface area contributed by atoms with Crippen LogP contribution in [-0.2, 0) is 16.4 Å². The summed E-state index contributed by atoms with van der Waals surface area (Å²) in [4.78, 5) is 1.90. The molecule has 0 spiro atoms. The lowest BCUT2D eigenvalue weighted by Gasteiger charge is -2.27. The van der Waals surface area contributed by atoms with E-state index in [1.807, 2.05) is 0 Å². The van der Waals surface area contributed by atoms with Gasteiger partial charge in [-0.25, -0.2) is 8.42 Å². The number of hydrogen-bond donors (Lipinski definition) is 1. The number of piperazine rings is 1. The maximum atomic E-state index is 12.4. The molecule has 0 radical (unpaired) electrons. The van der Waals surface area contributed by atoms with Gasteiger partial charge in [0.05, 0.1) is 4.90 Å². The Morgan fingerprint density at radius 3 is 2.26 bits per heavy atom. The van der Waals surface area contributed by atoms with Crippen molar-refractivity contribution in [2.75, 3.05) is 26.2 Å². The van der Waals surface area contributed by atoms with Crippen LogP contribution in [0.4, 0.5) is 8.78 Å². The van der Waals surface area contributed by atoms with E-state index in [0.717, 1.165) is 31.7 Å². The number of halogens is 2. The van der Waals surface area contributed by atoms with Gasteiger partial charge in [0.1, 0.15) is 0 Å². The Kier molecular flexibility index (Phi) is 4.49. The smallest absolute Gasteiger partial charge is 0.314 e. The van der Waals surface area contributed by atoms with E-state index in [2.05, 4.69) is 10.2 Å². The molecule has 106 valence electrons. The summed E-state index contributed by atoms with van der Waals surface area (Å²) in [6, 6.07) is 5.69. The summed E-state index contributed by atoms with van der Waals surface area (Å²) in [5.41, 5.74) is 0.926. The molecule has 1 saturated heterocycles. The minimum absolute atomic E-state index is 0.327. The third kappa shape index (κ3) is 3.49. The van der Waals surface area contributed by atoms with Crippen molar-refractivity contribution >= 4 is 9.84 Å². The fourth-order valence-electron chi connectivity index (χ4n) is 2.01. The molecule has 4 nitrogen and oxygen atoms in total. The van der Waals surface area contributed by atoms with Gasteiger partial charge < -0.3 is 5.32 Å². The van der Waals surface area contributed by atoms with Crippen LogP contribution in [0.3, 0.4) is 0 Å². The van der Waals surface area contributed by atoms with Crippen molar-refractivity contribution in [1.82, 2.24) is 10.2 Å². The minimum Gasteiger partial charge on any atom is -0.314 e. The number of nitrogens with one attached hydrogen (secondary N) is 1. The van der Waals surface area contributed by atoms with E-state index in [-0.39, 0.29) is 4.90 Å². The zero-order valence-corrected chi connectivity index (χ0v) is 11.2. The lowest BCUT2D eigenvalue weighted by molar-refractivity contribution is 0.233. The highest BCUT2D eigenvalue weighted by Gasteiger charge is 2.26. The highest BCUT2D eigenvalue weighted by atomic mass is 32.2. The van der Waals surface area contributed by atoms with Crippen LogP contribution in [0.5, 0.6) is 0 Å². The standard InChI is InChI=1S/C12H16F2N2O2S/c13-12(14)19(17,18)11-3-1-10(2-4-11)9-16-7-5-15-6-8-16/h1-4,12,15H,5-9H2. The second kappa shape index (κ2) is 5.94. The van der Waals surface area contributed by atoms with Crippen molar-refractivity contribution in [1.29, 1.82) is 0 Å². The van der Waals surface area contributed by atoms with Crippen LogP contribution in [0.25, 0.3) is 0 Å². The van der Waals surface area contributed by atoms with Crippen LogP contribution < -0.4 is 5.32 Å². The second-order valence-electron chi connectivity index (χ2n) is 4.48. The van der Waals surface area contributed by atoms with E-state index in [1.54, 1.807) is 12.1 Å². The Hall–Kier alpha value is -1.05. The fourth-order valence-corrected chi connectivity index (χ4v) is 2.74. The third-order valence-electron chi connectivity index (χ3n) is 3.10. The number of benzene rings is 1. The van der Waals surface area contributed by atoms with Gasteiger partial charge in [0, 0.05) is 32.7 Å². The summed E-state index contributed by atoms with van der Waals surface area (Å²) in [5, 5.41) is 3.24. The fraction of sp³-hybridized carbons (Fsp3) is 0.500. The SMILES string of the molecule is O=S(=O)(c1ccc(CN2CCNCC2)cc1)C(F)F. The van der Waals surface area contributed by atoms with Crippen molar-refractivity contribution in [3.8, 4) is 0 Å². The van der Waals surface area contributed by atoms with Gasteiger partial charge in [0.25, 0.3) is 0 Å². The number of hydrogen-bond acceptors (Lipinski definition) is 4. The molecule has 0 amide bonds. The first kappa shape index (κ1) is 14.4. The van der Waals surface area contributed by atoms with Crippen LogP contribution in [0, 0.1) is 0 Å². The molecule has 19 heavy (non-hydrogen) atoms.